The number of nitrogens with one attached hydrogen (secondary N) is 4. The molecule has 0 saturated carbocycles. The van der Waals surface area contributed by atoms with Crippen LogP contribution in [0.1, 0.15) is 80.8 Å². The molecule has 15 heteroatoms. The highest BCUT2D eigenvalue weighted by Gasteiger charge is 2.47. The van der Waals surface area contributed by atoms with Crippen molar-refractivity contribution in [1.29, 1.82) is 0 Å². The number of aromatic amines is 1. The first kappa shape index (κ1) is 32.1. The van der Waals surface area contributed by atoms with Crippen LogP contribution in [0, 0.1) is 11.8 Å². The molecule has 13 nitrogen and oxygen atoms in total. The van der Waals surface area contributed by atoms with Crippen LogP contribution in [0.4, 0.5) is 4.79 Å². The second kappa shape index (κ2) is 12.8. The Kier molecular flexibility index (Phi) is 9.55. The number of halogens is 2. The first-order chi connectivity index (χ1) is 20.3. The van der Waals surface area contributed by atoms with E-state index in [1.54, 1.807) is 19.1 Å². The molecule has 0 bridgehead atoms. The van der Waals surface area contributed by atoms with E-state index < -0.39 is 41.4 Å². The van der Waals surface area contributed by atoms with Crippen molar-refractivity contribution in [2.24, 2.45) is 17.6 Å². The summed E-state index contributed by atoms with van der Waals surface area (Å²) in [7, 11) is 0. The van der Waals surface area contributed by atoms with Gasteiger partial charge in [0, 0.05) is 22.5 Å². The monoisotopic (exact) mass is 635 g/mol. The van der Waals surface area contributed by atoms with Gasteiger partial charge in [0.1, 0.15) is 17.6 Å². The Bertz CT molecular complexity index is 1560. The third kappa shape index (κ3) is 6.57. The minimum Gasteiger partial charge on any atom is -0.465 e. The second-order valence-electron chi connectivity index (χ2n) is 11.1. The van der Waals surface area contributed by atoms with E-state index in [2.05, 4.69) is 31.1 Å². The number of fused-ring (bicyclic) bond motifs is 3. The van der Waals surface area contributed by atoms with Crippen LogP contribution in [0.5, 0.6) is 0 Å². The Balaban J connectivity index is 1.78. The topological polar surface area (TPSA) is 205 Å². The summed E-state index contributed by atoms with van der Waals surface area (Å²) in [4.78, 5) is 58.7. The minimum atomic E-state index is -1.52. The molecule has 4 rings (SSSR count). The van der Waals surface area contributed by atoms with Crippen molar-refractivity contribution in [2.45, 2.75) is 77.4 Å². The molecule has 1 aliphatic rings. The van der Waals surface area contributed by atoms with Crippen LogP contribution in [-0.4, -0.2) is 55.6 Å². The Morgan fingerprint density at radius 1 is 1.14 bits per heavy atom. The van der Waals surface area contributed by atoms with E-state index in [1.165, 1.54) is 0 Å². The van der Waals surface area contributed by atoms with Gasteiger partial charge in [-0.25, -0.2) is 4.79 Å². The van der Waals surface area contributed by atoms with E-state index in [4.69, 9.17) is 33.5 Å². The van der Waals surface area contributed by atoms with Crippen molar-refractivity contribution in [3.8, 4) is 0 Å². The molecule has 2 heterocycles. The van der Waals surface area contributed by atoms with Crippen LogP contribution < -0.4 is 21.7 Å². The van der Waals surface area contributed by atoms with Crippen LogP contribution in [-0.2, 0) is 22.4 Å². The lowest BCUT2D eigenvalue weighted by Gasteiger charge is -2.39. The Labute approximate surface area is 257 Å². The lowest BCUT2D eigenvalue weighted by atomic mass is 9.78. The van der Waals surface area contributed by atoms with Crippen LogP contribution in [0.25, 0.3) is 10.9 Å². The van der Waals surface area contributed by atoms with E-state index in [1.807, 2.05) is 20.8 Å². The van der Waals surface area contributed by atoms with E-state index in [0.29, 0.717) is 40.2 Å². The molecule has 3 aromatic rings. The van der Waals surface area contributed by atoms with E-state index >= 15 is 0 Å². The lowest BCUT2D eigenvalue weighted by Crippen LogP contribution is -2.65. The number of nitrogens with two attached hydrogens (primary N) is 1. The van der Waals surface area contributed by atoms with Crippen LogP contribution in [0.3, 0.4) is 0 Å². The molecule has 1 aromatic carbocycles. The number of carbonyl (C=O) groups excluding carboxylic acids is 3. The summed E-state index contributed by atoms with van der Waals surface area (Å²) in [6, 6.07) is 1.43. The predicted molar refractivity (Wildman–Crippen MR) is 159 cm³/mol. The molecule has 1 aliphatic carbocycles. The van der Waals surface area contributed by atoms with Gasteiger partial charge in [0.15, 0.2) is 0 Å². The van der Waals surface area contributed by atoms with E-state index in [-0.39, 0.29) is 36.4 Å². The standard InChI is InChI=1S/C28H35Cl2N7O6/c1-5-12(3)19(34-27(41)42)24(39)36-28(8-7-18-16(11-28)15-9-14(29)10-17(30)21(15)32-18)26(40)33-20(13(4)6-2)25-35-23(22(31)38)37-43-25/h9-10,12-13,19-20,32,34H,5-8,11H2,1-4H3,(H2,31,38)(H,33,40)(H,36,39)(H,41,42)/t12?,13?,19-,20-,28+/m0/s1. The summed E-state index contributed by atoms with van der Waals surface area (Å²) < 4.78 is 5.30. The normalized spacial score (nSPS) is 19.1. The van der Waals surface area contributed by atoms with Gasteiger partial charge in [-0.1, -0.05) is 68.9 Å². The summed E-state index contributed by atoms with van der Waals surface area (Å²) in [5.74, 6) is -2.98. The fourth-order valence-corrected chi connectivity index (χ4v) is 5.94. The number of rotatable bonds is 11. The Morgan fingerprint density at radius 2 is 1.84 bits per heavy atom. The third-order valence-corrected chi connectivity index (χ3v) is 8.82. The highest BCUT2D eigenvalue weighted by molar-refractivity contribution is 6.38. The average Bonchev–Trinajstić information content (AvgIpc) is 3.59. The smallest absolute Gasteiger partial charge is 0.405 e. The quantitative estimate of drug-likeness (QED) is 0.182. The Morgan fingerprint density at radius 3 is 2.44 bits per heavy atom. The molecule has 7 N–H and O–H groups in total. The van der Waals surface area contributed by atoms with Crippen LogP contribution in [0.15, 0.2) is 16.7 Å². The van der Waals surface area contributed by atoms with Gasteiger partial charge < -0.3 is 36.3 Å². The molecule has 4 amide bonds. The summed E-state index contributed by atoms with van der Waals surface area (Å²) in [5, 5.41) is 22.8. The van der Waals surface area contributed by atoms with Crippen LogP contribution >= 0.6 is 23.2 Å². The molecule has 0 radical (unpaired) electrons. The van der Waals surface area contributed by atoms with Gasteiger partial charge >= 0.3 is 6.09 Å². The molecule has 232 valence electrons. The molecule has 0 aliphatic heterocycles. The van der Waals surface area contributed by atoms with Crippen LogP contribution in [0.2, 0.25) is 10.0 Å². The van der Waals surface area contributed by atoms with Crippen molar-refractivity contribution >= 4 is 57.9 Å². The SMILES string of the molecule is CCC(C)[C@H](NC(=O)O)C(=O)N[C@]1(C(=O)N[C@H](c2nc(C(N)=O)no2)C(C)CC)CCc2[nH]c3c(Cl)cc(Cl)cc3c2C1. The summed E-state index contributed by atoms with van der Waals surface area (Å²) in [5.41, 5.74) is 6.04. The van der Waals surface area contributed by atoms with Crippen molar-refractivity contribution in [3.63, 3.8) is 0 Å². The number of aromatic nitrogens is 3. The summed E-state index contributed by atoms with van der Waals surface area (Å²) in [6.45, 7) is 7.36. The highest BCUT2D eigenvalue weighted by atomic mass is 35.5. The van der Waals surface area contributed by atoms with Gasteiger partial charge in [-0.3, -0.25) is 14.4 Å². The minimum absolute atomic E-state index is 0.00911. The fourth-order valence-electron chi connectivity index (χ4n) is 5.40. The lowest BCUT2D eigenvalue weighted by molar-refractivity contribution is -0.136. The van der Waals surface area contributed by atoms with E-state index in [9.17, 15) is 24.3 Å². The Hall–Kier alpha value is -3.84. The van der Waals surface area contributed by atoms with Gasteiger partial charge in [0.25, 0.3) is 11.7 Å². The first-order valence-electron chi connectivity index (χ1n) is 14.0. The zero-order valence-electron chi connectivity index (χ0n) is 24.2. The third-order valence-electron chi connectivity index (χ3n) is 8.30. The number of hydrogen-bond acceptors (Lipinski definition) is 7. The molecule has 2 aromatic heterocycles. The van der Waals surface area contributed by atoms with Gasteiger partial charge in [-0.15, -0.1) is 0 Å². The van der Waals surface area contributed by atoms with Gasteiger partial charge in [-0.2, -0.15) is 4.98 Å². The molecule has 5 atom stereocenters. The summed E-state index contributed by atoms with van der Waals surface area (Å²) >= 11 is 12.8. The first-order valence-corrected chi connectivity index (χ1v) is 14.8. The number of hydrogen-bond donors (Lipinski definition) is 6. The van der Waals surface area contributed by atoms with E-state index in [0.717, 1.165) is 11.3 Å². The number of aryl methyl sites for hydroxylation is 1. The fraction of sp³-hybridized carbons (Fsp3) is 0.500. The molecule has 0 fully saturated rings. The number of H-pyrrole nitrogens is 1. The predicted octanol–water partition coefficient (Wildman–Crippen LogP) is 3.89. The summed E-state index contributed by atoms with van der Waals surface area (Å²) in [6.07, 6.45) is 0.355. The van der Waals surface area contributed by atoms with Crippen molar-refractivity contribution < 1.29 is 28.8 Å². The maximum Gasteiger partial charge on any atom is 0.405 e. The molecule has 0 spiro atoms. The maximum atomic E-state index is 14.4. The molecule has 43 heavy (non-hydrogen) atoms. The maximum absolute atomic E-state index is 14.4. The molecule has 0 saturated heterocycles. The molecule has 2 unspecified atom stereocenters. The number of benzene rings is 1. The number of carbonyl (C=O) groups is 4. The van der Waals surface area contributed by atoms with Gasteiger partial charge in [0.2, 0.25) is 17.7 Å². The zero-order chi connectivity index (χ0) is 31.6. The van der Waals surface area contributed by atoms with Crippen molar-refractivity contribution in [2.75, 3.05) is 0 Å². The number of amides is 4. The molecular formula is C28H35Cl2N7O6. The largest absolute Gasteiger partial charge is 0.465 e. The number of nitrogens with zero attached hydrogens (tertiary/aromatic N) is 2. The number of primary amides is 1. The van der Waals surface area contributed by atoms with Crippen molar-refractivity contribution in [3.05, 3.63) is 45.2 Å². The second-order valence-corrected chi connectivity index (χ2v) is 12.0. The number of carboxylic acid groups (broad SMARTS) is 1. The molecular weight excluding hydrogens is 601 g/mol. The van der Waals surface area contributed by atoms with Crippen molar-refractivity contribution in [1.82, 2.24) is 31.1 Å². The highest BCUT2D eigenvalue weighted by Crippen LogP contribution is 2.39. The zero-order valence-corrected chi connectivity index (χ0v) is 25.7. The van der Waals surface area contributed by atoms with Gasteiger partial charge in [-0.05, 0) is 42.4 Å². The van der Waals surface area contributed by atoms with Gasteiger partial charge in [0.05, 0.1) is 10.5 Å². The average molecular weight is 637 g/mol.